The highest BCUT2D eigenvalue weighted by Gasteiger charge is 2.19. The number of aromatic nitrogens is 4. The van der Waals surface area contributed by atoms with Crippen molar-refractivity contribution in [2.45, 2.75) is 30.5 Å². The molecule has 4 rings (SSSR count). The van der Waals surface area contributed by atoms with E-state index in [1.807, 2.05) is 67.6 Å². The van der Waals surface area contributed by atoms with Crippen LogP contribution in [0.2, 0.25) is 0 Å². The SMILES string of the molecule is CC(Sc1nnnn1Cc1ccco1)C(=O)Nc1ccc(OCc2ccccc2)cc1. The number of carbonyl (C=O) groups excluding carboxylic acids is 1. The van der Waals surface area contributed by atoms with Crippen LogP contribution >= 0.6 is 11.8 Å². The number of hydrogen-bond acceptors (Lipinski definition) is 7. The average molecular weight is 436 g/mol. The summed E-state index contributed by atoms with van der Waals surface area (Å²) in [4.78, 5) is 12.6. The number of ether oxygens (including phenoxy) is 1. The molecule has 2 heterocycles. The fourth-order valence-corrected chi connectivity index (χ4v) is 3.55. The molecule has 9 heteroatoms. The first kappa shape index (κ1) is 20.7. The predicted octanol–water partition coefficient (Wildman–Crippen LogP) is 4.01. The Bertz CT molecular complexity index is 1100. The molecule has 0 fully saturated rings. The fraction of sp³-hybridized carbons (Fsp3) is 0.182. The molecule has 0 aliphatic rings. The number of nitrogens with one attached hydrogen (secondary N) is 1. The summed E-state index contributed by atoms with van der Waals surface area (Å²) >= 11 is 1.28. The molecule has 0 aliphatic carbocycles. The molecular weight excluding hydrogens is 414 g/mol. The van der Waals surface area contributed by atoms with E-state index in [-0.39, 0.29) is 5.91 Å². The molecule has 31 heavy (non-hydrogen) atoms. The zero-order chi connectivity index (χ0) is 21.5. The minimum Gasteiger partial charge on any atom is -0.489 e. The first-order valence-corrected chi connectivity index (χ1v) is 10.6. The highest BCUT2D eigenvalue weighted by molar-refractivity contribution is 8.00. The Labute approximate surface area is 183 Å². The van der Waals surface area contributed by atoms with Gasteiger partial charge in [-0.25, -0.2) is 4.68 Å². The van der Waals surface area contributed by atoms with Crippen molar-refractivity contribution in [2.75, 3.05) is 5.32 Å². The van der Waals surface area contributed by atoms with E-state index in [1.54, 1.807) is 17.0 Å². The van der Waals surface area contributed by atoms with Crippen molar-refractivity contribution >= 4 is 23.4 Å². The van der Waals surface area contributed by atoms with Crippen molar-refractivity contribution in [1.29, 1.82) is 0 Å². The second-order valence-electron chi connectivity index (χ2n) is 6.75. The molecule has 0 aliphatic heterocycles. The van der Waals surface area contributed by atoms with Gasteiger partial charge < -0.3 is 14.5 Å². The van der Waals surface area contributed by atoms with Gasteiger partial charge in [0, 0.05) is 5.69 Å². The van der Waals surface area contributed by atoms with Gasteiger partial charge in [0.1, 0.15) is 24.7 Å². The van der Waals surface area contributed by atoms with Crippen LogP contribution < -0.4 is 10.1 Å². The van der Waals surface area contributed by atoms with Gasteiger partial charge in [-0.05, 0) is 59.3 Å². The molecule has 0 radical (unpaired) electrons. The Morgan fingerprint density at radius 1 is 1.13 bits per heavy atom. The maximum absolute atomic E-state index is 12.6. The Hall–Kier alpha value is -3.59. The standard InChI is InChI=1S/C22H21N5O3S/c1-16(31-22-24-25-26-27(22)14-20-8-5-13-29-20)21(28)23-18-9-11-19(12-10-18)30-15-17-6-3-2-4-7-17/h2-13,16H,14-15H2,1H3,(H,23,28). The molecule has 0 spiro atoms. The smallest absolute Gasteiger partial charge is 0.237 e. The Kier molecular flexibility index (Phi) is 6.63. The molecule has 2 aromatic heterocycles. The van der Waals surface area contributed by atoms with Gasteiger partial charge in [0.05, 0.1) is 11.5 Å². The van der Waals surface area contributed by atoms with Crippen LogP contribution in [-0.4, -0.2) is 31.4 Å². The van der Waals surface area contributed by atoms with Crippen LogP contribution in [0.3, 0.4) is 0 Å². The van der Waals surface area contributed by atoms with Gasteiger partial charge in [-0.2, -0.15) is 0 Å². The maximum Gasteiger partial charge on any atom is 0.237 e. The fourth-order valence-electron chi connectivity index (χ4n) is 2.76. The zero-order valence-corrected chi connectivity index (χ0v) is 17.7. The molecule has 4 aromatic rings. The van der Waals surface area contributed by atoms with Crippen molar-refractivity contribution in [3.8, 4) is 5.75 Å². The second-order valence-corrected chi connectivity index (χ2v) is 8.05. The summed E-state index contributed by atoms with van der Waals surface area (Å²) in [6, 6.07) is 20.9. The molecule has 1 N–H and O–H groups in total. The minimum absolute atomic E-state index is 0.143. The van der Waals surface area contributed by atoms with Crippen LogP contribution in [0.15, 0.2) is 82.6 Å². The van der Waals surface area contributed by atoms with Crippen molar-refractivity contribution in [1.82, 2.24) is 20.2 Å². The monoisotopic (exact) mass is 435 g/mol. The highest BCUT2D eigenvalue weighted by Crippen LogP contribution is 2.23. The van der Waals surface area contributed by atoms with Gasteiger partial charge in [-0.1, -0.05) is 42.1 Å². The van der Waals surface area contributed by atoms with E-state index in [4.69, 9.17) is 9.15 Å². The number of amides is 1. The quantitative estimate of drug-likeness (QED) is 0.397. The second kappa shape index (κ2) is 9.94. The Morgan fingerprint density at radius 2 is 1.94 bits per heavy atom. The number of furan rings is 1. The molecule has 0 saturated heterocycles. The molecule has 1 unspecified atom stereocenters. The van der Waals surface area contributed by atoms with Gasteiger partial charge in [0.2, 0.25) is 11.1 Å². The van der Waals surface area contributed by atoms with E-state index in [2.05, 4.69) is 20.8 Å². The number of thioether (sulfide) groups is 1. The van der Waals surface area contributed by atoms with Crippen molar-refractivity contribution < 1.29 is 13.9 Å². The van der Waals surface area contributed by atoms with Gasteiger partial charge in [0.25, 0.3) is 0 Å². The van der Waals surface area contributed by atoms with Crippen LogP contribution in [0.1, 0.15) is 18.2 Å². The number of nitrogens with zero attached hydrogens (tertiary/aromatic N) is 4. The molecule has 8 nitrogen and oxygen atoms in total. The number of carbonyl (C=O) groups is 1. The van der Waals surface area contributed by atoms with Crippen LogP contribution in [0.25, 0.3) is 0 Å². The number of anilines is 1. The van der Waals surface area contributed by atoms with Gasteiger partial charge >= 0.3 is 0 Å². The largest absolute Gasteiger partial charge is 0.489 e. The van der Waals surface area contributed by atoms with E-state index in [9.17, 15) is 4.79 Å². The first-order chi connectivity index (χ1) is 15.2. The average Bonchev–Trinajstić information content (AvgIpc) is 3.47. The molecule has 158 valence electrons. The lowest BCUT2D eigenvalue weighted by molar-refractivity contribution is -0.115. The van der Waals surface area contributed by atoms with Crippen molar-refractivity contribution in [2.24, 2.45) is 0 Å². The first-order valence-electron chi connectivity index (χ1n) is 9.70. The molecule has 2 aromatic carbocycles. The lowest BCUT2D eigenvalue weighted by Crippen LogP contribution is -2.23. The predicted molar refractivity (Wildman–Crippen MR) is 117 cm³/mol. The number of tetrazole rings is 1. The molecule has 0 saturated carbocycles. The molecular formula is C22H21N5O3S. The normalized spacial score (nSPS) is 11.8. The third kappa shape index (κ3) is 5.73. The lowest BCUT2D eigenvalue weighted by atomic mass is 10.2. The number of hydrogen-bond donors (Lipinski definition) is 1. The summed E-state index contributed by atoms with van der Waals surface area (Å²) in [6.07, 6.45) is 1.60. The maximum atomic E-state index is 12.6. The summed E-state index contributed by atoms with van der Waals surface area (Å²) in [7, 11) is 0. The summed E-state index contributed by atoms with van der Waals surface area (Å²) in [6.45, 7) is 2.71. The van der Waals surface area contributed by atoms with E-state index in [0.29, 0.717) is 24.0 Å². The third-order valence-electron chi connectivity index (χ3n) is 4.41. The van der Waals surface area contributed by atoms with Crippen molar-refractivity contribution in [3.63, 3.8) is 0 Å². The van der Waals surface area contributed by atoms with E-state index in [0.717, 1.165) is 17.1 Å². The summed E-state index contributed by atoms with van der Waals surface area (Å²) < 4.78 is 12.7. The van der Waals surface area contributed by atoms with E-state index < -0.39 is 5.25 Å². The van der Waals surface area contributed by atoms with Crippen LogP contribution in [-0.2, 0) is 17.9 Å². The summed E-state index contributed by atoms with van der Waals surface area (Å²) in [5.74, 6) is 1.33. The highest BCUT2D eigenvalue weighted by atomic mass is 32.2. The molecule has 1 amide bonds. The lowest BCUT2D eigenvalue weighted by Gasteiger charge is -2.12. The van der Waals surface area contributed by atoms with Gasteiger partial charge in [0.15, 0.2) is 0 Å². The van der Waals surface area contributed by atoms with Crippen LogP contribution in [0, 0.1) is 0 Å². The number of rotatable bonds is 9. The van der Waals surface area contributed by atoms with Crippen LogP contribution in [0.5, 0.6) is 5.75 Å². The van der Waals surface area contributed by atoms with Crippen LogP contribution in [0.4, 0.5) is 5.69 Å². The molecule has 0 bridgehead atoms. The molecule has 1 atom stereocenters. The minimum atomic E-state index is -0.393. The Morgan fingerprint density at radius 3 is 2.68 bits per heavy atom. The van der Waals surface area contributed by atoms with Crippen molar-refractivity contribution in [3.05, 3.63) is 84.3 Å². The number of benzene rings is 2. The van der Waals surface area contributed by atoms with Gasteiger partial charge in [-0.15, -0.1) is 5.10 Å². The summed E-state index contributed by atoms with van der Waals surface area (Å²) in [5, 5.41) is 14.7. The topological polar surface area (TPSA) is 95.1 Å². The summed E-state index contributed by atoms with van der Waals surface area (Å²) in [5.41, 5.74) is 1.79. The van der Waals surface area contributed by atoms with Gasteiger partial charge in [-0.3, -0.25) is 4.79 Å². The third-order valence-corrected chi connectivity index (χ3v) is 5.48. The Balaban J connectivity index is 1.29. The zero-order valence-electron chi connectivity index (χ0n) is 16.8. The van der Waals surface area contributed by atoms with E-state index >= 15 is 0 Å². The van der Waals surface area contributed by atoms with E-state index in [1.165, 1.54) is 11.8 Å².